The van der Waals surface area contributed by atoms with Gasteiger partial charge in [-0.3, -0.25) is 4.98 Å². The van der Waals surface area contributed by atoms with Crippen molar-refractivity contribution < 1.29 is 5.11 Å². The van der Waals surface area contributed by atoms with Gasteiger partial charge in [0, 0.05) is 29.1 Å². The van der Waals surface area contributed by atoms with E-state index in [1.54, 1.807) is 6.07 Å². The van der Waals surface area contributed by atoms with E-state index in [0.29, 0.717) is 28.5 Å². The number of hydrogen-bond acceptors (Lipinski definition) is 3. The van der Waals surface area contributed by atoms with Crippen LogP contribution in [0.2, 0.25) is 10.0 Å². The normalized spacial score (nSPS) is 12.6. The fourth-order valence-electron chi connectivity index (χ4n) is 3.90. The first-order valence-corrected chi connectivity index (χ1v) is 12.0. The molecule has 1 unspecified atom stereocenters. The van der Waals surface area contributed by atoms with E-state index in [2.05, 4.69) is 30.9 Å². The summed E-state index contributed by atoms with van der Waals surface area (Å²) in [6, 6.07) is 15.8. The maximum absolute atomic E-state index is 11.3. The summed E-state index contributed by atoms with van der Waals surface area (Å²) in [5, 5.41) is 13.2. The zero-order chi connectivity index (χ0) is 22.2. The molecule has 1 aromatic heterocycles. The number of aliphatic hydroxyl groups is 1. The zero-order valence-corrected chi connectivity index (χ0v) is 20.0. The number of nitrogens with zero attached hydrogens (tertiary/aromatic N) is 2. The molecule has 5 heteroatoms. The Balaban J connectivity index is 1.97. The Labute approximate surface area is 196 Å². The van der Waals surface area contributed by atoms with E-state index < -0.39 is 6.10 Å². The van der Waals surface area contributed by atoms with Gasteiger partial charge in [0.15, 0.2) is 0 Å². The molecule has 0 saturated heterocycles. The van der Waals surface area contributed by atoms with E-state index in [4.69, 9.17) is 28.2 Å². The average molecular weight is 459 g/mol. The molecule has 0 fully saturated rings. The highest BCUT2D eigenvalue weighted by molar-refractivity contribution is 6.38. The van der Waals surface area contributed by atoms with Crippen LogP contribution in [-0.2, 0) is 6.42 Å². The van der Waals surface area contributed by atoms with Crippen LogP contribution >= 0.6 is 23.2 Å². The molecule has 1 N–H and O–H groups in total. The molecule has 0 bridgehead atoms. The van der Waals surface area contributed by atoms with Crippen molar-refractivity contribution >= 4 is 34.1 Å². The molecule has 3 nitrogen and oxygen atoms in total. The summed E-state index contributed by atoms with van der Waals surface area (Å²) in [6.45, 7) is 6.98. The molecule has 0 aliphatic heterocycles. The minimum absolute atomic E-state index is 0.514. The average Bonchev–Trinajstić information content (AvgIpc) is 2.76. The highest BCUT2D eigenvalue weighted by Crippen LogP contribution is 2.33. The summed E-state index contributed by atoms with van der Waals surface area (Å²) >= 11 is 12.8. The van der Waals surface area contributed by atoms with Gasteiger partial charge in [0.2, 0.25) is 0 Å². The lowest BCUT2D eigenvalue weighted by Gasteiger charge is -2.26. The summed E-state index contributed by atoms with van der Waals surface area (Å²) in [5.41, 5.74) is 3.61. The van der Waals surface area contributed by atoms with Gasteiger partial charge in [0.05, 0.1) is 16.6 Å². The fraction of sp³-hybridized carbons (Fsp3) is 0.423. The van der Waals surface area contributed by atoms with E-state index in [1.807, 2.05) is 30.3 Å². The molecule has 166 valence electrons. The van der Waals surface area contributed by atoms with Crippen molar-refractivity contribution in [1.29, 1.82) is 0 Å². The van der Waals surface area contributed by atoms with Gasteiger partial charge in [-0.15, -0.1) is 0 Å². The van der Waals surface area contributed by atoms with Gasteiger partial charge in [-0.2, -0.15) is 0 Å². The second kappa shape index (κ2) is 11.8. The number of rotatable bonds is 11. The van der Waals surface area contributed by atoms with Gasteiger partial charge in [-0.1, -0.05) is 80.2 Å². The molecule has 1 heterocycles. The van der Waals surface area contributed by atoms with Crippen LogP contribution in [0.4, 0.5) is 0 Å². The van der Waals surface area contributed by atoms with E-state index >= 15 is 0 Å². The summed E-state index contributed by atoms with van der Waals surface area (Å²) in [5.74, 6) is 0. The molecule has 3 aromatic rings. The molecule has 0 aliphatic carbocycles. The quantitative estimate of drug-likeness (QED) is 0.333. The highest BCUT2D eigenvalue weighted by atomic mass is 35.5. The van der Waals surface area contributed by atoms with Crippen LogP contribution in [0.15, 0.2) is 48.5 Å². The standard InChI is InChI=1S/C26H32Cl2N2O/c1-3-5-12-30(13-6-4-2)18-25(31)22-17-21(14-19-10-8-7-9-11-19)29-26-23(22)15-20(27)16-24(26)28/h7-11,15-17,25,31H,3-6,12-14,18H2,1-2H3. The Morgan fingerprint density at radius 2 is 1.65 bits per heavy atom. The van der Waals surface area contributed by atoms with Gasteiger partial charge in [-0.25, -0.2) is 0 Å². The molecule has 31 heavy (non-hydrogen) atoms. The van der Waals surface area contributed by atoms with Crippen LogP contribution in [-0.4, -0.2) is 34.6 Å². The monoisotopic (exact) mass is 458 g/mol. The van der Waals surface area contributed by atoms with Gasteiger partial charge in [-0.05, 0) is 55.3 Å². The molecule has 2 aromatic carbocycles. The predicted octanol–water partition coefficient (Wildman–Crippen LogP) is 7.07. The predicted molar refractivity (Wildman–Crippen MR) is 132 cm³/mol. The third kappa shape index (κ3) is 6.66. The molecular weight excluding hydrogens is 427 g/mol. The molecule has 0 spiro atoms. The Bertz CT molecular complexity index is 970. The number of benzene rings is 2. The second-order valence-corrected chi connectivity index (χ2v) is 9.02. The first-order valence-electron chi connectivity index (χ1n) is 11.2. The van der Waals surface area contributed by atoms with Crippen molar-refractivity contribution in [1.82, 2.24) is 9.88 Å². The molecule has 0 aliphatic rings. The molecule has 0 saturated carbocycles. The highest BCUT2D eigenvalue weighted by Gasteiger charge is 2.19. The number of unbranched alkanes of at least 4 members (excludes halogenated alkanes) is 2. The number of fused-ring (bicyclic) bond motifs is 1. The molecule has 0 amide bonds. The van der Waals surface area contributed by atoms with Crippen molar-refractivity contribution in [2.45, 2.75) is 52.1 Å². The third-order valence-electron chi connectivity index (χ3n) is 5.59. The summed E-state index contributed by atoms with van der Waals surface area (Å²) in [4.78, 5) is 7.19. The van der Waals surface area contributed by atoms with E-state index in [1.165, 1.54) is 5.56 Å². The first kappa shape index (κ1) is 24.0. The summed E-state index contributed by atoms with van der Waals surface area (Å²) in [7, 11) is 0. The van der Waals surface area contributed by atoms with Crippen LogP contribution in [0.3, 0.4) is 0 Å². The molecule has 0 radical (unpaired) electrons. The molecule has 1 atom stereocenters. The molecule has 3 rings (SSSR count). The fourth-order valence-corrected chi connectivity index (χ4v) is 4.44. The van der Waals surface area contributed by atoms with Crippen LogP contribution in [0.25, 0.3) is 10.9 Å². The Hall–Kier alpha value is -1.65. The van der Waals surface area contributed by atoms with Crippen LogP contribution in [0.1, 0.15) is 62.5 Å². The lowest BCUT2D eigenvalue weighted by atomic mass is 9.99. The topological polar surface area (TPSA) is 36.4 Å². The Kier molecular flexibility index (Phi) is 9.15. The minimum Gasteiger partial charge on any atom is -0.387 e. The lowest BCUT2D eigenvalue weighted by molar-refractivity contribution is 0.112. The van der Waals surface area contributed by atoms with Crippen molar-refractivity contribution in [2.24, 2.45) is 0 Å². The van der Waals surface area contributed by atoms with Crippen molar-refractivity contribution in [3.8, 4) is 0 Å². The Morgan fingerprint density at radius 1 is 0.968 bits per heavy atom. The number of halogens is 2. The van der Waals surface area contributed by atoms with E-state index in [-0.39, 0.29) is 0 Å². The van der Waals surface area contributed by atoms with Crippen molar-refractivity contribution in [3.63, 3.8) is 0 Å². The number of hydrogen-bond donors (Lipinski definition) is 1. The Morgan fingerprint density at radius 3 is 2.29 bits per heavy atom. The largest absolute Gasteiger partial charge is 0.387 e. The smallest absolute Gasteiger partial charge is 0.0924 e. The minimum atomic E-state index is -0.636. The SMILES string of the molecule is CCCCN(CCCC)CC(O)c1cc(Cc2ccccc2)nc2c(Cl)cc(Cl)cc12. The second-order valence-electron chi connectivity index (χ2n) is 8.17. The molecular formula is C26H32Cl2N2O. The van der Waals surface area contributed by atoms with Gasteiger partial charge < -0.3 is 10.0 Å². The zero-order valence-electron chi connectivity index (χ0n) is 18.5. The van der Waals surface area contributed by atoms with Crippen LogP contribution in [0, 0.1) is 0 Å². The summed E-state index contributed by atoms with van der Waals surface area (Å²) in [6.07, 6.45) is 4.59. The van der Waals surface area contributed by atoms with Gasteiger partial charge in [0.25, 0.3) is 0 Å². The third-order valence-corrected chi connectivity index (χ3v) is 6.10. The van der Waals surface area contributed by atoms with Crippen molar-refractivity contribution in [3.05, 3.63) is 75.4 Å². The van der Waals surface area contributed by atoms with Gasteiger partial charge in [0.1, 0.15) is 0 Å². The number of pyridine rings is 1. The maximum Gasteiger partial charge on any atom is 0.0924 e. The van der Waals surface area contributed by atoms with Crippen LogP contribution < -0.4 is 0 Å². The maximum atomic E-state index is 11.3. The summed E-state index contributed by atoms with van der Waals surface area (Å²) < 4.78 is 0. The van der Waals surface area contributed by atoms with Crippen LogP contribution in [0.5, 0.6) is 0 Å². The number of aliphatic hydroxyl groups excluding tert-OH is 1. The van der Waals surface area contributed by atoms with Crippen molar-refractivity contribution in [2.75, 3.05) is 19.6 Å². The van der Waals surface area contributed by atoms with Gasteiger partial charge >= 0.3 is 0 Å². The lowest BCUT2D eigenvalue weighted by Crippen LogP contribution is -2.31. The number of aromatic nitrogens is 1. The van der Waals surface area contributed by atoms with E-state index in [0.717, 1.165) is 55.4 Å². The van der Waals surface area contributed by atoms with E-state index in [9.17, 15) is 5.11 Å². The first-order chi connectivity index (χ1) is 15.0.